The molecule has 1 amide bonds. The van der Waals surface area contributed by atoms with E-state index in [1.54, 1.807) is 30.7 Å². The number of carbonyl (C=O) groups is 1. The zero-order chi connectivity index (χ0) is 15.2. The molecule has 3 rings (SSSR count). The van der Waals surface area contributed by atoms with Gasteiger partial charge in [-0.3, -0.25) is 9.78 Å². The first-order valence-corrected chi connectivity index (χ1v) is 7.36. The van der Waals surface area contributed by atoms with Gasteiger partial charge in [0, 0.05) is 50.8 Å². The maximum atomic E-state index is 12.2. The Labute approximate surface area is 129 Å². The van der Waals surface area contributed by atoms with Gasteiger partial charge in [-0.15, -0.1) is 0 Å². The van der Waals surface area contributed by atoms with E-state index in [4.69, 9.17) is 0 Å². The van der Waals surface area contributed by atoms with E-state index in [1.807, 2.05) is 35.2 Å². The van der Waals surface area contributed by atoms with Crippen molar-refractivity contribution in [2.24, 2.45) is 0 Å². The summed E-state index contributed by atoms with van der Waals surface area (Å²) < 4.78 is 0. The molecule has 0 spiro atoms. The zero-order valence-electron chi connectivity index (χ0n) is 12.3. The number of hydrogen-bond donors (Lipinski definition) is 0. The molecule has 0 aromatic carbocycles. The van der Waals surface area contributed by atoms with Crippen LogP contribution in [0.3, 0.4) is 0 Å². The third-order valence-corrected chi connectivity index (χ3v) is 3.67. The third kappa shape index (κ3) is 3.49. The number of pyridine rings is 2. The molecule has 3 heterocycles. The van der Waals surface area contributed by atoms with Crippen LogP contribution in [-0.2, 0) is 4.79 Å². The minimum absolute atomic E-state index is 0.0459. The number of nitrogens with zero attached hydrogens (tertiary/aromatic N) is 4. The summed E-state index contributed by atoms with van der Waals surface area (Å²) in [5, 5.41) is 0. The van der Waals surface area contributed by atoms with Crippen molar-refractivity contribution in [3.63, 3.8) is 0 Å². The second-order valence-electron chi connectivity index (χ2n) is 5.12. The number of hydrogen-bond acceptors (Lipinski definition) is 4. The van der Waals surface area contributed by atoms with Crippen molar-refractivity contribution in [1.82, 2.24) is 14.9 Å². The van der Waals surface area contributed by atoms with Crippen molar-refractivity contribution in [2.75, 3.05) is 31.1 Å². The van der Waals surface area contributed by atoms with Gasteiger partial charge in [0.15, 0.2) is 0 Å². The fourth-order valence-corrected chi connectivity index (χ4v) is 2.44. The lowest BCUT2D eigenvalue weighted by atomic mass is 10.2. The smallest absolute Gasteiger partial charge is 0.246 e. The Hall–Kier alpha value is -2.69. The monoisotopic (exact) mass is 294 g/mol. The molecule has 0 N–H and O–H groups in total. The van der Waals surface area contributed by atoms with Crippen LogP contribution in [0.2, 0.25) is 0 Å². The zero-order valence-corrected chi connectivity index (χ0v) is 12.3. The van der Waals surface area contributed by atoms with Gasteiger partial charge >= 0.3 is 0 Å². The van der Waals surface area contributed by atoms with Gasteiger partial charge in [0.25, 0.3) is 0 Å². The largest absolute Gasteiger partial charge is 0.353 e. The summed E-state index contributed by atoms with van der Waals surface area (Å²) in [6.45, 7) is 3.05. The second-order valence-corrected chi connectivity index (χ2v) is 5.12. The summed E-state index contributed by atoms with van der Waals surface area (Å²) in [5.74, 6) is 1.02. The summed E-state index contributed by atoms with van der Waals surface area (Å²) in [6, 6.07) is 9.67. The van der Waals surface area contributed by atoms with E-state index in [9.17, 15) is 4.79 Å². The van der Waals surface area contributed by atoms with Gasteiger partial charge < -0.3 is 9.80 Å². The predicted octanol–water partition coefficient (Wildman–Crippen LogP) is 1.84. The summed E-state index contributed by atoms with van der Waals surface area (Å²) in [5.41, 5.74) is 0.933. The van der Waals surface area contributed by atoms with E-state index in [-0.39, 0.29) is 5.91 Å². The van der Waals surface area contributed by atoms with E-state index >= 15 is 0 Å². The summed E-state index contributed by atoms with van der Waals surface area (Å²) in [4.78, 5) is 24.6. The van der Waals surface area contributed by atoms with Crippen molar-refractivity contribution >= 4 is 17.8 Å². The Morgan fingerprint density at radius 1 is 1.05 bits per heavy atom. The lowest BCUT2D eigenvalue weighted by Crippen LogP contribution is -2.48. The van der Waals surface area contributed by atoms with Gasteiger partial charge in [-0.2, -0.15) is 0 Å². The number of aromatic nitrogens is 2. The van der Waals surface area contributed by atoms with Gasteiger partial charge in [-0.1, -0.05) is 12.1 Å². The van der Waals surface area contributed by atoms with Crippen molar-refractivity contribution in [3.05, 3.63) is 60.6 Å². The van der Waals surface area contributed by atoms with Gasteiger partial charge in [0.05, 0.1) is 0 Å². The average Bonchev–Trinajstić information content (AvgIpc) is 2.61. The maximum absolute atomic E-state index is 12.2. The summed E-state index contributed by atoms with van der Waals surface area (Å²) in [6.07, 6.45) is 8.68. The molecular formula is C17H18N4O. The standard InChI is InChI=1S/C17H18N4O/c22-17(7-6-15-4-3-8-18-14-15)21-12-10-20(11-13-21)16-5-1-2-9-19-16/h1-9,14H,10-13H2/b7-6+. The fourth-order valence-electron chi connectivity index (χ4n) is 2.44. The Bertz CT molecular complexity index is 634. The molecule has 5 heteroatoms. The fraction of sp³-hybridized carbons (Fsp3) is 0.235. The SMILES string of the molecule is O=C(/C=C/c1cccnc1)N1CCN(c2ccccn2)CC1. The number of anilines is 1. The van der Waals surface area contributed by atoms with Gasteiger partial charge in [0.2, 0.25) is 5.91 Å². The lowest BCUT2D eigenvalue weighted by Gasteiger charge is -2.34. The molecule has 2 aromatic heterocycles. The highest BCUT2D eigenvalue weighted by Crippen LogP contribution is 2.12. The summed E-state index contributed by atoms with van der Waals surface area (Å²) in [7, 11) is 0. The molecule has 0 aliphatic carbocycles. The molecule has 22 heavy (non-hydrogen) atoms. The minimum Gasteiger partial charge on any atom is -0.353 e. The minimum atomic E-state index is 0.0459. The van der Waals surface area contributed by atoms with E-state index in [1.165, 1.54) is 0 Å². The Kier molecular flexibility index (Phi) is 4.44. The van der Waals surface area contributed by atoms with Crippen LogP contribution >= 0.6 is 0 Å². The predicted molar refractivity (Wildman–Crippen MR) is 86.3 cm³/mol. The van der Waals surface area contributed by atoms with Crippen LogP contribution in [0.5, 0.6) is 0 Å². The first-order valence-electron chi connectivity index (χ1n) is 7.36. The highest BCUT2D eigenvalue weighted by atomic mass is 16.2. The molecule has 112 valence electrons. The molecule has 0 bridgehead atoms. The highest BCUT2D eigenvalue weighted by Gasteiger charge is 2.20. The molecule has 0 saturated carbocycles. The molecule has 0 radical (unpaired) electrons. The van der Waals surface area contributed by atoms with Crippen LogP contribution in [0, 0.1) is 0 Å². The van der Waals surface area contributed by atoms with E-state index < -0.39 is 0 Å². The number of carbonyl (C=O) groups excluding carboxylic acids is 1. The second kappa shape index (κ2) is 6.85. The quantitative estimate of drug-likeness (QED) is 0.811. The first kappa shape index (κ1) is 14.3. The maximum Gasteiger partial charge on any atom is 0.246 e. The molecule has 0 unspecified atom stereocenters. The van der Waals surface area contributed by atoms with Crippen molar-refractivity contribution in [1.29, 1.82) is 0 Å². The van der Waals surface area contributed by atoms with Crippen LogP contribution in [0.1, 0.15) is 5.56 Å². The molecule has 5 nitrogen and oxygen atoms in total. The van der Waals surface area contributed by atoms with Crippen LogP contribution in [0.4, 0.5) is 5.82 Å². The van der Waals surface area contributed by atoms with Crippen LogP contribution in [-0.4, -0.2) is 47.0 Å². The normalized spacial score (nSPS) is 15.3. The first-order chi connectivity index (χ1) is 10.8. The van der Waals surface area contributed by atoms with E-state index in [0.29, 0.717) is 13.1 Å². The number of rotatable bonds is 3. The van der Waals surface area contributed by atoms with Gasteiger partial charge in [-0.05, 0) is 29.8 Å². The van der Waals surface area contributed by atoms with Crippen molar-refractivity contribution < 1.29 is 4.79 Å². The van der Waals surface area contributed by atoms with Crippen LogP contribution in [0.25, 0.3) is 6.08 Å². The number of piperazine rings is 1. The lowest BCUT2D eigenvalue weighted by molar-refractivity contribution is -0.126. The van der Waals surface area contributed by atoms with Gasteiger partial charge in [-0.25, -0.2) is 4.98 Å². The Morgan fingerprint density at radius 2 is 1.91 bits per heavy atom. The molecule has 0 atom stereocenters. The van der Waals surface area contributed by atoms with Crippen molar-refractivity contribution in [3.8, 4) is 0 Å². The van der Waals surface area contributed by atoms with Crippen molar-refractivity contribution in [2.45, 2.75) is 0 Å². The molecular weight excluding hydrogens is 276 g/mol. The molecule has 2 aromatic rings. The van der Waals surface area contributed by atoms with E-state index in [0.717, 1.165) is 24.5 Å². The molecule has 1 saturated heterocycles. The highest BCUT2D eigenvalue weighted by molar-refractivity contribution is 5.91. The van der Waals surface area contributed by atoms with Crippen LogP contribution < -0.4 is 4.90 Å². The van der Waals surface area contributed by atoms with Gasteiger partial charge in [0.1, 0.15) is 5.82 Å². The molecule has 1 aliphatic heterocycles. The molecule has 1 fully saturated rings. The molecule has 1 aliphatic rings. The van der Waals surface area contributed by atoms with E-state index in [2.05, 4.69) is 14.9 Å². The topological polar surface area (TPSA) is 49.3 Å². The number of amides is 1. The Balaban J connectivity index is 1.55. The van der Waals surface area contributed by atoms with Crippen LogP contribution in [0.15, 0.2) is 55.0 Å². The average molecular weight is 294 g/mol. The third-order valence-electron chi connectivity index (χ3n) is 3.67. The Morgan fingerprint density at radius 3 is 2.59 bits per heavy atom. The summed E-state index contributed by atoms with van der Waals surface area (Å²) >= 11 is 0.